The van der Waals surface area contributed by atoms with Gasteiger partial charge in [-0.15, -0.1) is 0 Å². The van der Waals surface area contributed by atoms with E-state index in [-0.39, 0.29) is 23.9 Å². The number of halogens is 2. The van der Waals surface area contributed by atoms with Crippen molar-refractivity contribution in [1.82, 2.24) is 10.6 Å². The van der Waals surface area contributed by atoms with E-state index in [1.54, 1.807) is 0 Å². The van der Waals surface area contributed by atoms with E-state index in [9.17, 15) is 18.7 Å². The van der Waals surface area contributed by atoms with Crippen molar-refractivity contribution < 1.29 is 18.7 Å². The van der Waals surface area contributed by atoms with Crippen molar-refractivity contribution in [2.24, 2.45) is 11.8 Å². The highest BCUT2D eigenvalue weighted by Gasteiger charge is 2.35. The Morgan fingerprint density at radius 3 is 2.55 bits per heavy atom. The Hall–Kier alpha value is -1.69. The minimum Gasteiger partial charge on any atom is -0.391 e. The van der Waals surface area contributed by atoms with Crippen molar-refractivity contribution in [1.29, 1.82) is 0 Å². The van der Waals surface area contributed by atoms with Gasteiger partial charge in [0.15, 0.2) is 0 Å². The van der Waals surface area contributed by atoms with Gasteiger partial charge in [-0.05, 0) is 55.7 Å². The van der Waals surface area contributed by atoms with Crippen LogP contribution in [0.3, 0.4) is 0 Å². The molecule has 2 atom stereocenters. The van der Waals surface area contributed by atoms with Crippen molar-refractivity contribution in [3.05, 3.63) is 35.4 Å². The Balaban J connectivity index is 1.61. The molecule has 0 spiro atoms. The maximum Gasteiger partial charge on any atom is 0.315 e. The molecule has 2 aliphatic carbocycles. The molecule has 2 amide bonds. The number of hydrogen-bond acceptors (Lipinski definition) is 2. The second-order valence-corrected chi connectivity index (χ2v) is 6.24. The van der Waals surface area contributed by atoms with Gasteiger partial charge in [0.1, 0.15) is 11.6 Å². The van der Waals surface area contributed by atoms with Crippen LogP contribution in [0, 0.1) is 23.5 Å². The molecule has 0 radical (unpaired) electrons. The lowest BCUT2D eigenvalue weighted by Gasteiger charge is -2.20. The monoisotopic (exact) mass is 310 g/mol. The average Bonchev–Trinajstić information content (AvgIpc) is 3.37. The van der Waals surface area contributed by atoms with Gasteiger partial charge >= 0.3 is 6.03 Å². The Kier molecular flexibility index (Phi) is 4.29. The van der Waals surface area contributed by atoms with Crippen LogP contribution in [-0.4, -0.2) is 23.8 Å². The third-order valence-electron chi connectivity index (χ3n) is 4.31. The Morgan fingerprint density at radius 2 is 1.91 bits per heavy atom. The summed E-state index contributed by atoms with van der Waals surface area (Å²) in [5.74, 6) is -0.624. The van der Waals surface area contributed by atoms with Gasteiger partial charge in [0, 0.05) is 12.1 Å². The fourth-order valence-corrected chi connectivity index (χ4v) is 2.67. The third kappa shape index (κ3) is 3.74. The second kappa shape index (κ2) is 6.20. The second-order valence-electron chi connectivity index (χ2n) is 6.24. The van der Waals surface area contributed by atoms with Crippen LogP contribution in [0.2, 0.25) is 0 Å². The van der Waals surface area contributed by atoms with Gasteiger partial charge in [-0.25, -0.2) is 13.6 Å². The molecule has 0 heterocycles. The van der Waals surface area contributed by atoms with E-state index >= 15 is 0 Å². The predicted octanol–water partition coefficient (Wildman–Crippen LogP) is 2.49. The zero-order valence-electron chi connectivity index (χ0n) is 12.2. The molecule has 6 heteroatoms. The van der Waals surface area contributed by atoms with E-state index in [1.165, 1.54) is 0 Å². The first-order valence-corrected chi connectivity index (χ1v) is 7.72. The van der Waals surface area contributed by atoms with Crippen molar-refractivity contribution in [3.8, 4) is 0 Å². The van der Waals surface area contributed by atoms with Crippen molar-refractivity contribution in [2.75, 3.05) is 6.54 Å². The van der Waals surface area contributed by atoms with Crippen molar-refractivity contribution >= 4 is 6.03 Å². The summed E-state index contributed by atoms with van der Waals surface area (Å²) in [6.07, 6.45) is 3.21. The Labute approximate surface area is 127 Å². The van der Waals surface area contributed by atoms with E-state index < -0.39 is 29.8 Å². The number of carbonyl (C=O) groups excluding carboxylic acids is 1. The van der Waals surface area contributed by atoms with E-state index in [2.05, 4.69) is 10.6 Å². The first-order chi connectivity index (χ1) is 10.5. The van der Waals surface area contributed by atoms with Crippen LogP contribution in [0.1, 0.15) is 37.3 Å². The van der Waals surface area contributed by atoms with Gasteiger partial charge in [0.25, 0.3) is 0 Å². The molecule has 2 aliphatic rings. The molecule has 0 aliphatic heterocycles. The van der Waals surface area contributed by atoms with Crippen molar-refractivity contribution in [2.45, 2.75) is 37.8 Å². The van der Waals surface area contributed by atoms with Crippen molar-refractivity contribution in [3.63, 3.8) is 0 Å². The van der Waals surface area contributed by atoms with Crippen LogP contribution >= 0.6 is 0 Å². The molecule has 1 aromatic carbocycles. The Morgan fingerprint density at radius 1 is 1.23 bits per heavy atom. The lowest BCUT2D eigenvalue weighted by atomic mass is 10.0. The maximum absolute atomic E-state index is 13.9. The molecular weight excluding hydrogens is 290 g/mol. The first-order valence-electron chi connectivity index (χ1n) is 7.72. The zero-order valence-corrected chi connectivity index (χ0v) is 12.2. The molecular formula is C16H20F2N2O2. The minimum absolute atomic E-state index is 0.135. The number of carbonyl (C=O) groups is 1. The standard InChI is InChI=1S/C16H20F2N2O2/c17-11-5-6-13(18)12(7-11)15(10-3-4-10)20-16(22)19-8-14(21)9-1-2-9/h5-7,9-10,14-15,21H,1-4,8H2,(H2,19,20,22)/t14-,15-/m1/s1. The number of aliphatic hydroxyl groups is 1. The normalized spacial score (nSPS) is 20.3. The highest BCUT2D eigenvalue weighted by atomic mass is 19.1. The number of urea groups is 1. The summed E-state index contributed by atoms with van der Waals surface area (Å²) in [6.45, 7) is 0.180. The summed E-state index contributed by atoms with van der Waals surface area (Å²) in [4.78, 5) is 12.0. The zero-order chi connectivity index (χ0) is 15.7. The molecule has 4 nitrogen and oxygen atoms in total. The minimum atomic E-state index is -0.534. The smallest absolute Gasteiger partial charge is 0.315 e. The molecule has 3 rings (SSSR count). The lowest BCUT2D eigenvalue weighted by Crippen LogP contribution is -2.42. The fourth-order valence-electron chi connectivity index (χ4n) is 2.67. The quantitative estimate of drug-likeness (QED) is 0.756. The summed E-state index contributed by atoms with van der Waals surface area (Å²) >= 11 is 0. The summed E-state index contributed by atoms with van der Waals surface area (Å²) < 4.78 is 27.3. The molecule has 120 valence electrons. The Bertz CT molecular complexity index is 559. The predicted molar refractivity (Wildman–Crippen MR) is 77.1 cm³/mol. The molecule has 22 heavy (non-hydrogen) atoms. The van der Waals surface area contributed by atoms with Gasteiger partial charge in [-0.1, -0.05) is 0 Å². The third-order valence-corrected chi connectivity index (χ3v) is 4.31. The molecule has 2 fully saturated rings. The molecule has 2 saturated carbocycles. The van der Waals surface area contributed by atoms with Gasteiger partial charge in [-0.3, -0.25) is 0 Å². The van der Waals surface area contributed by atoms with Gasteiger partial charge in [0.2, 0.25) is 0 Å². The molecule has 0 unspecified atom stereocenters. The van der Waals surface area contributed by atoms with Crippen LogP contribution in [0.15, 0.2) is 18.2 Å². The highest BCUT2D eigenvalue weighted by Crippen LogP contribution is 2.41. The number of benzene rings is 1. The highest BCUT2D eigenvalue weighted by molar-refractivity contribution is 5.74. The molecule has 0 aromatic heterocycles. The van der Waals surface area contributed by atoms with E-state index in [0.29, 0.717) is 0 Å². The number of amides is 2. The molecule has 1 aromatic rings. The van der Waals surface area contributed by atoms with Crippen LogP contribution in [0.5, 0.6) is 0 Å². The van der Waals surface area contributed by atoms with E-state index in [1.807, 2.05) is 0 Å². The van der Waals surface area contributed by atoms with Gasteiger partial charge in [0.05, 0.1) is 12.1 Å². The van der Waals surface area contributed by atoms with E-state index in [0.717, 1.165) is 43.9 Å². The summed E-state index contributed by atoms with van der Waals surface area (Å²) in [6, 6.07) is 2.29. The fraction of sp³-hybridized carbons (Fsp3) is 0.562. The lowest BCUT2D eigenvalue weighted by molar-refractivity contribution is 0.148. The van der Waals surface area contributed by atoms with E-state index in [4.69, 9.17) is 0 Å². The van der Waals surface area contributed by atoms with Crippen LogP contribution in [-0.2, 0) is 0 Å². The number of hydrogen-bond donors (Lipinski definition) is 3. The van der Waals surface area contributed by atoms with Crippen LogP contribution < -0.4 is 10.6 Å². The molecule has 0 saturated heterocycles. The number of nitrogens with one attached hydrogen (secondary N) is 2. The number of aliphatic hydroxyl groups excluding tert-OH is 1. The number of rotatable bonds is 6. The summed E-state index contributed by atoms with van der Waals surface area (Å²) in [5.41, 5.74) is 0.181. The average molecular weight is 310 g/mol. The maximum atomic E-state index is 13.9. The van der Waals surface area contributed by atoms with Gasteiger partial charge < -0.3 is 15.7 Å². The van der Waals surface area contributed by atoms with Gasteiger partial charge in [-0.2, -0.15) is 0 Å². The molecule has 0 bridgehead atoms. The SMILES string of the molecule is O=C(NC[C@@H](O)C1CC1)N[C@@H](c1cc(F)ccc1F)C1CC1. The molecule has 3 N–H and O–H groups in total. The largest absolute Gasteiger partial charge is 0.391 e. The summed E-state index contributed by atoms with van der Waals surface area (Å²) in [7, 11) is 0. The first kappa shape index (κ1) is 15.2. The topological polar surface area (TPSA) is 61.4 Å². The van der Waals surface area contributed by atoms with Crippen LogP contribution in [0.25, 0.3) is 0 Å². The summed E-state index contributed by atoms with van der Waals surface area (Å²) in [5, 5.41) is 15.1. The van der Waals surface area contributed by atoms with Crippen LogP contribution in [0.4, 0.5) is 13.6 Å².